The number of nitrogens with two attached hydrogens (primary N) is 1. The van der Waals surface area contributed by atoms with Crippen LogP contribution in [-0.4, -0.2) is 80.9 Å². The van der Waals surface area contributed by atoms with Gasteiger partial charge in [-0.25, -0.2) is 34.2 Å². The topological polar surface area (TPSA) is 205 Å². The van der Waals surface area contributed by atoms with Crippen molar-refractivity contribution in [3.05, 3.63) is 113 Å². The van der Waals surface area contributed by atoms with Crippen molar-refractivity contribution < 1.29 is 51.7 Å². The number of β-lactam (4-membered cyclic amide) rings is 2. The Morgan fingerprint density at radius 2 is 1.56 bits per heavy atom. The molecule has 3 aliphatic heterocycles. The molecule has 0 aliphatic carbocycles. The van der Waals surface area contributed by atoms with Gasteiger partial charge in [-0.15, -0.1) is 8.78 Å². The number of esters is 1. The van der Waals surface area contributed by atoms with Gasteiger partial charge in [0.1, 0.15) is 11.0 Å². The Hall–Kier alpha value is -6.40. The van der Waals surface area contributed by atoms with E-state index in [1.54, 1.807) is 45.2 Å². The molecular weight excluding hydrogens is 832 g/mol. The van der Waals surface area contributed by atoms with E-state index in [0.29, 0.717) is 23.4 Å². The van der Waals surface area contributed by atoms with Crippen molar-refractivity contribution in [1.82, 2.24) is 30.4 Å². The lowest BCUT2D eigenvalue weighted by Crippen LogP contribution is -2.69. The number of pyridine rings is 2. The highest BCUT2D eigenvalue weighted by atomic mass is 35.5. The first kappa shape index (κ1) is 43.7. The van der Waals surface area contributed by atoms with Crippen LogP contribution in [0.25, 0.3) is 0 Å². The SMILES string of the molecule is CCO[C@@H]1[C@@H](Cc2ccnc(N)c2)C(=O)N1C(=O)N[C@H](CCC(C)OC(=O)[C@@H]1[C@@H](Cc2ccc(Cl)nc2)C(=O)N1C(=O)N[C@H](C)c1ccc2c(c1)OC(F)(F)O2)c1ccccc1. The molecule has 2 fully saturated rings. The lowest BCUT2D eigenvalue weighted by atomic mass is 9.82. The Labute approximate surface area is 360 Å². The van der Waals surface area contributed by atoms with Crippen molar-refractivity contribution in [1.29, 1.82) is 0 Å². The second-order valence-electron chi connectivity index (χ2n) is 15.2. The standard InChI is InChI=1S/C43H44ClF2N7O9/c1-4-59-39-30(18-25-16-17-48-35(47)20-25)38(55)53(39)42(58)51-31(27-8-6-5-7-9-27)13-10-23(2)60-40(56)36-29(19-26-11-15-34(44)49-22-26)37(54)52(36)41(57)50-24(3)28-12-14-32-33(21-28)62-43(45,46)61-32/h5-9,11-12,14-17,20-24,29-31,36,39H,4,10,13,18-19H2,1-3H3,(H2,47,48)(H,50,57)(H,51,58)/t23?,24-,29-,30+,31-,36+,39-/m1/s1. The summed E-state index contributed by atoms with van der Waals surface area (Å²) in [5.41, 5.74) is 8.30. The first-order chi connectivity index (χ1) is 29.6. The van der Waals surface area contributed by atoms with Crippen molar-refractivity contribution in [2.24, 2.45) is 11.8 Å². The van der Waals surface area contributed by atoms with Crippen LogP contribution in [-0.2, 0) is 36.7 Å². The van der Waals surface area contributed by atoms with E-state index >= 15 is 0 Å². The molecule has 326 valence electrons. The normalized spacial score (nSPS) is 21.3. The van der Waals surface area contributed by atoms with Crippen molar-refractivity contribution in [3.8, 4) is 11.5 Å². The third-order valence-electron chi connectivity index (χ3n) is 10.9. The molecule has 7 atom stereocenters. The van der Waals surface area contributed by atoms with Gasteiger partial charge in [0, 0.05) is 19.0 Å². The Bertz CT molecular complexity index is 2330. The summed E-state index contributed by atoms with van der Waals surface area (Å²) in [5.74, 6) is -3.59. The molecule has 2 saturated heterocycles. The van der Waals surface area contributed by atoms with Gasteiger partial charge in [0.25, 0.3) is 0 Å². The molecule has 7 rings (SSSR count). The molecule has 6 amide bonds. The summed E-state index contributed by atoms with van der Waals surface area (Å²) in [6.07, 6.45) is -1.57. The van der Waals surface area contributed by atoms with Gasteiger partial charge in [-0.2, -0.15) is 0 Å². The number of imide groups is 2. The Kier molecular flexibility index (Phi) is 12.9. The number of hydrogen-bond donors (Lipinski definition) is 3. The Morgan fingerprint density at radius 1 is 0.855 bits per heavy atom. The number of rotatable bonds is 15. The summed E-state index contributed by atoms with van der Waals surface area (Å²) in [5, 5.41) is 5.85. The summed E-state index contributed by atoms with van der Waals surface area (Å²) in [6.45, 7) is 5.25. The number of aromatic nitrogens is 2. The Balaban J connectivity index is 1.02. The molecule has 2 aromatic carbocycles. The molecule has 0 radical (unpaired) electrons. The summed E-state index contributed by atoms with van der Waals surface area (Å²) < 4.78 is 48.0. The molecule has 5 heterocycles. The molecule has 4 N–H and O–H groups in total. The van der Waals surface area contributed by atoms with E-state index in [9.17, 15) is 32.8 Å². The van der Waals surface area contributed by atoms with Crippen molar-refractivity contribution in [2.75, 3.05) is 12.3 Å². The first-order valence-corrected chi connectivity index (χ1v) is 20.3. The summed E-state index contributed by atoms with van der Waals surface area (Å²) >= 11 is 5.96. The quantitative estimate of drug-likeness (QED) is 0.0705. The molecule has 4 aromatic rings. The highest BCUT2D eigenvalue weighted by Crippen LogP contribution is 2.42. The molecular formula is C43H44ClF2N7O9. The fraction of sp³-hybridized carbons (Fsp3) is 0.372. The van der Waals surface area contributed by atoms with Gasteiger partial charge >= 0.3 is 24.3 Å². The molecule has 0 saturated carbocycles. The number of carbonyl (C=O) groups excluding carboxylic acids is 5. The average Bonchev–Trinajstić information content (AvgIpc) is 3.56. The number of fused-ring (bicyclic) bond motifs is 1. The smallest absolute Gasteiger partial charge is 0.461 e. The predicted octanol–water partition coefficient (Wildman–Crippen LogP) is 6.10. The van der Waals surface area contributed by atoms with E-state index in [-0.39, 0.29) is 42.5 Å². The zero-order chi connectivity index (χ0) is 44.3. The predicted molar refractivity (Wildman–Crippen MR) is 217 cm³/mol. The van der Waals surface area contributed by atoms with Gasteiger partial charge in [-0.05, 0) is 99.0 Å². The molecule has 62 heavy (non-hydrogen) atoms. The molecule has 2 aromatic heterocycles. The van der Waals surface area contributed by atoms with E-state index in [4.69, 9.17) is 26.8 Å². The van der Waals surface area contributed by atoms with E-state index in [1.807, 2.05) is 30.3 Å². The van der Waals surface area contributed by atoms with Crippen LogP contribution in [0.1, 0.15) is 68.0 Å². The molecule has 0 spiro atoms. The number of nitrogens with zero attached hydrogens (tertiary/aromatic N) is 4. The number of ether oxygens (including phenoxy) is 4. The number of alkyl halides is 2. The second kappa shape index (κ2) is 18.3. The van der Waals surface area contributed by atoms with Crippen LogP contribution >= 0.6 is 11.6 Å². The van der Waals surface area contributed by atoms with Crippen LogP contribution in [0.15, 0.2) is 85.2 Å². The van der Waals surface area contributed by atoms with Gasteiger partial charge in [-0.1, -0.05) is 54.1 Å². The summed E-state index contributed by atoms with van der Waals surface area (Å²) in [4.78, 5) is 78.3. The second-order valence-corrected chi connectivity index (χ2v) is 15.6. The average molecular weight is 876 g/mol. The number of nitrogens with one attached hydrogen (secondary N) is 2. The number of likely N-dealkylation sites (tertiary alicyclic amines) is 2. The molecule has 19 heteroatoms. The van der Waals surface area contributed by atoms with E-state index in [2.05, 4.69) is 30.1 Å². The van der Waals surface area contributed by atoms with Gasteiger partial charge in [0.15, 0.2) is 23.8 Å². The van der Waals surface area contributed by atoms with Crippen LogP contribution in [0, 0.1) is 11.8 Å². The third-order valence-corrected chi connectivity index (χ3v) is 11.1. The van der Waals surface area contributed by atoms with Gasteiger partial charge < -0.3 is 35.3 Å². The molecule has 0 bridgehead atoms. The number of carbonyl (C=O) groups is 5. The minimum atomic E-state index is -3.84. The van der Waals surface area contributed by atoms with E-state index < -0.39 is 78.4 Å². The maximum absolute atomic E-state index is 14.0. The maximum atomic E-state index is 14.0. The lowest BCUT2D eigenvalue weighted by molar-refractivity contribution is -0.286. The highest BCUT2D eigenvalue weighted by Gasteiger charge is 2.56. The van der Waals surface area contributed by atoms with E-state index in [0.717, 1.165) is 20.9 Å². The minimum absolute atomic E-state index is 0.0460. The van der Waals surface area contributed by atoms with Crippen LogP contribution in [0.4, 0.5) is 24.2 Å². The zero-order valence-corrected chi connectivity index (χ0v) is 34.6. The van der Waals surface area contributed by atoms with Crippen LogP contribution < -0.4 is 25.8 Å². The Morgan fingerprint density at radius 3 is 2.27 bits per heavy atom. The molecule has 1 unspecified atom stereocenters. The number of halogens is 3. The minimum Gasteiger partial charge on any atom is -0.461 e. The number of benzene rings is 2. The van der Waals surface area contributed by atoms with Crippen molar-refractivity contribution >= 4 is 47.3 Å². The number of anilines is 1. The van der Waals surface area contributed by atoms with E-state index in [1.165, 1.54) is 30.5 Å². The van der Waals surface area contributed by atoms with Crippen LogP contribution in [0.5, 0.6) is 11.5 Å². The first-order valence-electron chi connectivity index (χ1n) is 20.0. The molecule has 3 aliphatic rings. The highest BCUT2D eigenvalue weighted by molar-refractivity contribution is 6.29. The lowest BCUT2D eigenvalue weighted by Gasteiger charge is -2.45. The monoisotopic (exact) mass is 875 g/mol. The molecule has 16 nitrogen and oxygen atoms in total. The fourth-order valence-electron chi connectivity index (χ4n) is 7.72. The van der Waals surface area contributed by atoms with Gasteiger partial charge in [0.2, 0.25) is 11.8 Å². The largest absolute Gasteiger partial charge is 0.586 e. The van der Waals surface area contributed by atoms with Crippen LogP contribution in [0.2, 0.25) is 5.15 Å². The van der Waals surface area contributed by atoms with Gasteiger partial charge in [-0.3, -0.25) is 9.59 Å². The third kappa shape index (κ3) is 9.55. The zero-order valence-electron chi connectivity index (χ0n) is 33.8. The van der Waals surface area contributed by atoms with Crippen molar-refractivity contribution in [2.45, 2.75) is 83.2 Å². The number of amides is 6. The van der Waals surface area contributed by atoms with Crippen molar-refractivity contribution in [3.63, 3.8) is 0 Å². The number of hydrogen-bond acceptors (Lipinski definition) is 12. The fourth-order valence-corrected chi connectivity index (χ4v) is 7.83. The number of urea groups is 2. The number of nitrogen functional groups attached to an aromatic ring is 1. The van der Waals surface area contributed by atoms with Crippen LogP contribution in [0.3, 0.4) is 0 Å². The van der Waals surface area contributed by atoms with Gasteiger partial charge in [0.05, 0.1) is 30.0 Å². The summed E-state index contributed by atoms with van der Waals surface area (Å²) in [6, 6.07) is 15.4. The summed E-state index contributed by atoms with van der Waals surface area (Å²) in [7, 11) is 0. The maximum Gasteiger partial charge on any atom is 0.586 e.